The van der Waals surface area contributed by atoms with Crippen LogP contribution in [-0.2, 0) is 0 Å². The highest BCUT2D eigenvalue weighted by Crippen LogP contribution is 2.28. The summed E-state index contributed by atoms with van der Waals surface area (Å²) in [5, 5.41) is 9.28. The van der Waals surface area contributed by atoms with Gasteiger partial charge in [0.15, 0.2) is 0 Å². The van der Waals surface area contributed by atoms with Crippen LogP contribution in [0.3, 0.4) is 0 Å². The number of pyridine rings is 1. The van der Waals surface area contributed by atoms with E-state index in [1.165, 1.54) is 6.42 Å². The number of hydrogen-bond acceptors (Lipinski definition) is 3. The Bertz CT molecular complexity index is 445. The van der Waals surface area contributed by atoms with Gasteiger partial charge in [-0.05, 0) is 44.7 Å². The van der Waals surface area contributed by atoms with Crippen LogP contribution in [0.4, 0.5) is 5.82 Å². The van der Waals surface area contributed by atoms with E-state index < -0.39 is 5.97 Å². The molecule has 0 amide bonds. The minimum Gasteiger partial charge on any atom is -0.478 e. The van der Waals surface area contributed by atoms with Gasteiger partial charge in [-0.3, -0.25) is 0 Å². The molecule has 1 saturated heterocycles. The van der Waals surface area contributed by atoms with Crippen LogP contribution >= 0.6 is 0 Å². The van der Waals surface area contributed by atoms with E-state index in [-0.39, 0.29) is 0 Å². The summed E-state index contributed by atoms with van der Waals surface area (Å²) in [7, 11) is 0. The number of hydrogen-bond donors (Lipinski definition) is 1. The Morgan fingerprint density at radius 3 is 2.94 bits per heavy atom. The lowest BCUT2D eigenvalue weighted by molar-refractivity contribution is 0.0697. The van der Waals surface area contributed by atoms with Crippen LogP contribution in [-0.4, -0.2) is 28.6 Å². The number of aryl methyl sites for hydroxylation is 1. The Balaban J connectivity index is 2.41. The third-order valence-electron chi connectivity index (χ3n) is 3.62. The van der Waals surface area contributed by atoms with Crippen molar-refractivity contribution in [2.45, 2.75) is 45.6 Å². The molecule has 1 aliphatic rings. The molecule has 1 aromatic rings. The molecule has 1 fully saturated rings. The lowest BCUT2D eigenvalue weighted by atomic mass is 9.99. The predicted octanol–water partition coefficient (Wildman–Crippen LogP) is 2.86. The van der Waals surface area contributed by atoms with E-state index in [1.54, 1.807) is 12.1 Å². The molecule has 0 aliphatic carbocycles. The van der Waals surface area contributed by atoms with E-state index in [4.69, 9.17) is 0 Å². The molecular formula is C14H20N2O2. The molecule has 1 unspecified atom stereocenters. The molecule has 4 heteroatoms. The van der Waals surface area contributed by atoms with Gasteiger partial charge in [-0.2, -0.15) is 0 Å². The van der Waals surface area contributed by atoms with Gasteiger partial charge in [-0.1, -0.05) is 6.92 Å². The summed E-state index contributed by atoms with van der Waals surface area (Å²) in [6, 6.07) is 3.85. The Kier molecular flexibility index (Phi) is 3.84. The van der Waals surface area contributed by atoms with Gasteiger partial charge in [0.05, 0.1) is 0 Å². The third-order valence-corrected chi connectivity index (χ3v) is 3.62. The van der Waals surface area contributed by atoms with Crippen LogP contribution in [0.1, 0.15) is 48.7 Å². The van der Waals surface area contributed by atoms with Gasteiger partial charge in [0.2, 0.25) is 0 Å². The van der Waals surface area contributed by atoms with Gasteiger partial charge >= 0.3 is 5.97 Å². The highest BCUT2D eigenvalue weighted by Gasteiger charge is 2.26. The van der Waals surface area contributed by atoms with Crippen molar-refractivity contribution < 1.29 is 9.90 Å². The molecule has 1 N–H and O–H groups in total. The molecule has 1 aliphatic heterocycles. The van der Waals surface area contributed by atoms with Crippen LogP contribution in [0.2, 0.25) is 0 Å². The number of carbonyl (C=O) groups is 1. The predicted molar refractivity (Wildman–Crippen MR) is 71.2 cm³/mol. The largest absolute Gasteiger partial charge is 0.478 e. The number of piperidine rings is 1. The molecule has 0 bridgehead atoms. The molecule has 4 nitrogen and oxygen atoms in total. The zero-order valence-corrected chi connectivity index (χ0v) is 11.0. The maximum absolute atomic E-state index is 11.3. The number of carboxylic acid groups (broad SMARTS) is 1. The monoisotopic (exact) mass is 248 g/mol. The zero-order chi connectivity index (χ0) is 13.1. The number of rotatable bonds is 3. The van der Waals surface area contributed by atoms with Crippen molar-refractivity contribution in [2.24, 2.45) is 0 Å². The Morgan fingerprint density at radius 1 is 1.50 bits per heavy atom. The standard InChI is InChI=1S/C14H20N2O2/c1-3-11-6-4-5-9-16(11)13-12(14(17)18)8-7-10(2)15-13/h7-8,11H,3-6,9H2,1-2H3,(H,17,18). The van der Waals surface area contributed by atoms with E-state index in [9.17, 15) is 9.90 Å². The zero-order valence-electron chi connectivity index (χ0n) is 11.0. The Labute approximate surface area is 108 Å². The first-order valence-electron chi connectivity index (χ1n) is 6.61. The number of nitrogens with zero attached hydrogens (tertiary/aromatic N) is 2. The topological polar surface area (TPSA) is 53.4 Å². The van der Waals surface area contributed by atoms with Crippen LogP contribution in [0.25, 0.3) is 0 Å². The lowest BCUT2D eigenvalue weighted by Crippen LogP contribution is -2.40. The smallest absolute Gasteiger partial charge is 0.339 e. The normalized spacial score (nSPS) is 19.9. The van der Waals surface area contributed by atoms with Crippen LogP contribution in [0, 0.1) is 6.92 Å². The quantitative estimate of drug-likeness (QED) is 0.893. The summed E-state index contributed by atoms with van der Waals surface area (Å²) < 4.78 is 0. The van der Waals surface area contributed by atoms with Crippen molar-refractivity contribution in [2.75, 3.05) is 11.4 Å². The Morgan fingerprint density at radius 2 is 2.28 bits per heavy atom. The van der Waals surface area contributed by atoms with Crippen molar-refractivity contribution >= 4 is 11.8 Å². The number of aromatic carboxylic acids is 1. The van der Waals surface area contributed by atoms with E-state index in [2.05, 4.69) is 16.8 Å². The minimum atomic E-state index is -0.891. The number of anilines is 1. The van der Waals surface area contributed by atoms with E-state index >= 15 is 0 Å². The van der Waals surface area contributed by atoms with Crippen molar-refractivity contribution in [3.05, 3.63) is 23.4 Å². The first kappa shape index (κ1) is 12.9. The summed E-state index contributed by atoms with van der Waals surface area (Å²) >= 11 is 0. The number of aromatic nitrogens is 1. The van der Waals surface area contributed by atoms with Crippen LogP contribution < -0.4 is 4.90 Å². The molecule has 0 spiro atoms. The summed E-state index contributed by atoms with van der Waals surface area (Å²) in [5.41, 5.74) is 1.19. The molecule has 98 valence electrons. The molecular weight excluding hydrogens is 228 g/mol. The fourth-order valence-electron chi connectivity index (χ4n) is 2.63. The van der Waals surface area contributed by atoms with Crippen molar-refractivity contribution in [1.29, 1.82) is 0 Å². The van der Waals surface area contributed by atoms with Gasteiger partial charge < -0.3 is 10.0 Å². The molecule has 0 aromatic carbocycles. The highest BCUT2D eigenvalue weighted by molar-refractivity contribution is 5.93. The minimum absolute atomic E-state index is 0.320. The average Bonchev–Trinajstić information content (AvgIpc) is 2.38. The van der Waals surface area contributed by atoms with Crippen molar-refractivity contribution in [1.82, 2.24) is 4.98 Å². The van der Waals surface area contributed by atoms with Crippen molar-refractivity contribution in [3.63, 3.8) is 0 Å². The molecule has 2 heterocycles. The molecule has 1 atom stereocenters. The van der Waals surface area contributed by atoms with Crippen molar-refractivity contribution in [3.8, 4) is 0 Å². The van der Waals surface area contributed by atoms with E-state index in [0.717, 1.165) is 31.5 Å². The molecule has 18 heavy (non-hydrogen) atoms. The van der Waals surface area contributed by atoms with E-state index in [0.29, 0.717) is 17.4 Å². The second-order valence-electron chi connectivity index (χ2n) is 4.88. The Hall–Kier alpha value is -1.58. The first-order valence-corrected chi connectivity index (χ1v) is 6.61. The second kappa shape index (κ2) is 5.38. The average molecular weight is 248 g/mol. The van der Waals surface area contributed by atoms with E-state index in [1.807, 2.05) is 6.92 Å². The van der Waals surface area contributed by atoms with Gasteiger partial charge in [0, 0.05) is 18.3 Å². The molecule has 0 radical (unpaired) electrons. The molecule has 2 rings (SSSR count). The van der Waals surface area contributed by atoms with Gasteiger partial charge in [0.1, 0.15) is 11.4 Å². The summed E-state index contributed by atoms with van der Waals surface area (Å²) in [5.74, 6) is -0.244. The first-order chi connectivity index (χ1) is 8.63. The lowest BCUT2D eigenvalue weighted by Gasteiger charge is -2.37. The summed E-state index contributed by atoms with van der Waals surface area (Å²) in [4.78, 5) is 17.9. The maximum Gasteiger partial charge on any atom is 0.339 e. The van der Waals surface area contributed by atoms with Gasteiger partial charge in [0.25, 0.3) is 0 Å². The second-order valence-corrected chi connectivity index (χ2v) is 4.88. The van der Waals surface area contributed by atoms with Crippen LogP contribution in [0.15, 0.2) is 12.1 Å². The SMILES string of the molecule is CCC1CCCCN1c1nc(C)ccc1C(=O)O. The third kappa shape index (κ3) is 2.47. The fraction of sp³-hybridized carbons (Fsp3) is 0.571. The van der Waals surface area contributed by atoms with Gasteiger partial charge in [-0.25, -0.2) is 9.78 Å². The fourth-order valence-corrected chi connectivity index (χ4v) is 2.63. The van der Waals surface area contributed by atoms with Gasteiger partial charge in [-0.15, -0.1) is 0 Å². The highest BCUT2D eigenvalue weighted by atomic mass is 16.4. The summed E-state index contributed by atoms with van der Waals surface area (Å²) in [6.45, 7) is 4.97. The maximum atomic E-state index is 11.3. The van der Waals surface area contributed by atoms with Crippen LogP contribution in [0.5, 0.6) is 0 Å². The number of carboxylic acids is 1. The molecule has 1 aromatic heterocycles. The molecule has 0 saturated carbocycles. The summed E-state index contributed by atoms with van der Waals surface area (Å²) in [6.07, 6.45) is 4.51.